The first-order valence-electron chi connectivity index (χ1n) is 5.50. The van der Waals surface area contributed by atoms with Gasteiger partial charge in [0, 0.05) is 0 Å². The quantitative estimate of drug-likeness (QED) is 0.786. The monoisotopic (exact) mass is 272 g/mol. The molecule has 0 saturated heterocycles. The molecule has 0 spiro atoms. The highest BCUT2D eigenvalue weighted by Crippen LogP contribution is 2.17. The number of nitrogens with one attached hydrogen (secondary N) is 2. The highest BCUT2D eigenvalue weighted by atomic mass is 19.1. The van der Waals surface area contributed by atoms with Crippen molar-refractivity contribution >= 4 is 17.6 Å². The highest BCUT2D eigenvalue weighted by molar-refractivity contribution is 5.92. The minimum absolute atomic E-state index is 0.274. The first-order valence-corrected chi connectivity index (χ1v) is 5.50. The zero-order valence-corrected chi connectivity index (χ0v) is 10.5. The van der Waals surface area contributed by atoms with Gasteiger partial charge in [-0.25, -0.2) is 8.78 Å². The second-order valence-corrected chi connectivity index (χ2v) is 3.77. The van der Waals surface area contributed by atoms with E-state index in [-0.39, 0.29) is 6.54 Å². The molecule has 5 nitrogen and oxygen atoms in total. The van der Waals surface area contributed by atoms with Gasteiger partial charge < -0.3 is 10.1 Å². The third-order valence-electron chi connectivity index (χ3n) is 2.35. The van der Waals surface area contributed by atoms with E-state index in [9.17, 15) is 18.4 Å². The molecule has 0 radical (unpaired) electrons. The van der Waals surface area contributed by atoms with Gasteiger partial charge in [-0.05, 0) is 19.1 Å². The van der Waals surface area contributed by atoms with Crippen molar-refractivity contribution in [3.63, 3.8) is 0 Å². The minimum Gasteiger partial charge on any atom is -0.468 e. The smallest absolute Gasteiger partial charge is 0.322 e. The zero-order valence-electron chi connectivity index (χ0n) is 10.5. The van der Waals surface area contributed by atoms with E-state index in [4.69, 9.17) is 0 Å². The van der Waals surface area contributed by atoms with Crippen LogP contribution in [0.25, 0.3) is 0 Å². The molecule has 1 unspecified atom stereocenters. The Morgan fingerprint density at radius 2 is 1.89 bits per heavy atom. The molecule has 0 heterocycles. The van der Waals surface area contributed by atoms with Crippen molar-refractivity contribution in [2.45, 2.75) is 13.0 Å². The molecule has 19 heavy (non-hydrogen) atoms. The van der Waals surface area contributed by atoms with E-state index in [2.05, 4.69) is 15.4 Å². The number of amides is 1. The van der Waals surface area contributed by atoms with Gasteiger partial charge in [-0.3, -0.25) is 14.9 Å². The van der Waals surface area contributed by atoms with Crippen molar-refractivity contribution < 1.29 is 23.1 Å². The Kier molecular flexibility index (Phi) is 5.37. The Morgan fingerprint density at radius 1 is 1.32 bits per heavy atom. The standard InChI is InChI=1S/C12H14F2N2O3/c1-7(12(18)19-2)15-6-10(17)16-11-8(13)4-3-5-9(11)14/h3-5,7,15H,6H2,1-2H3,(H,16,17). The van der Waals surface area contributed by atoms with Gasteiger partial charge in [-0.2, -0.15) is 0 Å². The van der Waals surface area contributed by atoms with E-state index in [0.29, 0.717) is 0 Å². The number of rotatable bonds is 5. The average Bonchev–Trinajstić information content (AvgIpc) is 2.39. The lowest BCUT2D eigenvalue weighted by atomic mass is 10.3. The average molecular weight is 272 g/mol. The van der Waals surface area contributed by atoms with Gasteiger partial charge in [0.15, 0.2) is 0 Å². The van der Waals surface area contributed by atoms with E-state index in [0.717, 1.165) is 12.1 Å². The molecular formula is C12H14F2N2O3. The summed E-state index contributed by atoms with van der Waals surface area (Å²) in [6.07, 6.45) is 0. The summed E-state index contributed by atoms with van der Waals surface area (Å²) in [5.41, 5.74) is -0.514. The van der Waals surface area contributed by atoms with Crippen molar-refractivity contribution in [1.29, 1.82) is 0 Å². The molecule has 0 saturated carbocycles. The molecule has 0 fully saturated rings. The minimum atomic E-state index is -0.866. The molecule has 0 bridgehead atoms. The van der Waals surface area contributed by atoms with Crippen LogP contribution in [0.5, 0.6) is 0 Å². The Labute approximate surface area is 108 Å². The molecular weight excluding hydrogens is 258 g/mol. The summed E-state index contributed by atoms with van der Waals surface area (Å²) in [5.74, 6) is -2.94. The number of hydrogen-bond acceptors (Lipinski definition) is 4. The molecule has 1 amide bonds. The van der Waals surface area contributed by atoms with Gasteiger partial charge in [-0.1, -0.05) is 6.07 Å². The molecule has 1 aromatic rings. The van der Waals surface area contributed by atoms with Gasteiger partial charge >= 0.3 is 5.97 Å². The van der Waals surface area contributed by atoms with Crippen molar-refractivity contribution in [1.82, 2.24) is 5.32 Å². The van der Waals surface area contributed by atoms with Crippen LogP contribution in [0.2, 0.25) is 0 Å². The highest BCUT2D eigenvalue weighted by Gasteiger charge is 2.15. The summed E-state index contributed by atoms with van der Waals surface area (Å²) in [4.78, 5) is 22.5. The number of halogens is 2. The van der Waals surface area contributed by atoms with E-state index >= 15 is 0 Å². The first-order chi connectivity index (χ1) is 8.95. The SMILES string of the molecule is COC(=O)C(C)NCC(=O)Nc1c(F)cccc1F. The molecule has 1 aromatic carbocycles. The predicted octanol–water partition coefficient (Wildman–Crippen LogP) is 1.05. The van der Waals surface area contributed by atoms with Gasteiger partial charge in [-0.15, -0.1) is 0 Å². The summed E-state index contributed by atoms with van der Waals surface area (Å²) >= 11 is 0. The Balaban J connectivity index is 2.54. The number of para-hydroxylation sites is 1. The lowest BCUT2D eigenvalue weighted by Crippen LogP contribution is -2.39. The fraction of sp³-hybridized carbons (Fsp3) is 0.333. The lowest BCUT2D eigenvalue weighted by molar-refractivity contribution is -0.142. The summed E-state index contributed by atoms with van der Waals surface area (Å²) < 4.78 is 30.9. The number of carbonyl (C=O) groups is 2. The summed E-state index contributed by atoms with van der Waals surface area (Å²) in [5, 5.41) is 4.65. The molecule has 0 aromatic heterocycles. The fourth-order valence-electron chi connectivity index (χ4n) is 1.31. The maximum atomic E-state index is 13.2. The van der Waals surface area contributed by atoms with Crippen molar-refractivity contribution in [2.75, 3.05) is 19.0 Å². The van der Waals surface area contributed by atoms with E-state index < -0.39 is 35.2 Å². The molecule has 2 N–H and O–H groups in total. The maximum Gasteiger partial charge on any atom is 0.322 e. The van der Waals surface area contributed by atoms with Gasteiger partial charge in [0.05, 0.1) is 13.7 Å². The first kappa shape index (κ1) is 15.0. The van der Waals surface area contributed by atoms with Crippen LogP contribution < -0.4 is 10.6 Å². The number of esters is 1. The number of methoxy groups -OCH3 is 1. The summed E-state index contributed by atoms with van der Waals surface area (Å²) in [7, 11) is 1.22. The van der Waals surface area contributed by atoms with Crippen LogP contribution in [0.15, 0.2) is 18.2 Å². The maximum absolute atomic E-state index is 13.2. The molecule has 1 atom stereocenters. The molecule has 1 rings (SSSR count). The Bertz CT molecular complexity index is 460. The van der Waals surface area contributed by atoms with Crippen LogP contribution in [0, 0.1) is 11.6 Å². The molecule has 7 heteroatoms. The fourth-order valence-corrected chi connectivity index (χ4v) is 1.31. The number of benzene rings is 1. The third-order valence-corrected chi connectivity index (χ3v) is 2.35. The molecule has 0 aliphatic heterocycles. The third kappa shape index (κ3) is 4.29. The molecule has 0 aliphatic rings. The van der Waals surface area contributed by atoms with Gasteiger partial charge in [0.2, 0.25) is 5.91 Å². The number of anilines is 1. The van der Waals surface area contributed by atoms with Gasteiger partial charge in [0.1, 0.15) is 23.4 Å². The van der Waals surface area contributed by atoms with Crippen LogP contribution in [-0.2, 0) is 14.3 Å². The van der Waals surface area contributed by atoms with E-state index in [1.54, 1.807) is 0 Å². The summed E-state index contributed by atoms with van der Waals surface area (Å²) in [6.45, 7) is 1.23. The van der Waals surface area contributed by atoms with E-state index in [1.165, 1.54) is 20.1 Å². The van der Waals surface area contributed by atoms with Crippen LogP contribution in [0.1, 0.15) is 6.92 Å². The molecule has 104 valence electrons. The second-order valence-electron chi connectivity index (χ2n) is 3.77. The van der Waals surface area contributed by atoms with Crippen LogP contribution in [-0.4, -0.2) is 31.6 Å². The second kappa shape index (κ2) is 6.79. The van der Waals surface area contributed by atoms with Crippen LogP contribution in [0.3, 0.4) is 0 Å². The van der Waals surface area contributed by atoms with E-state index in [1.807, 2.05) is 0 Å². The lowest BCUT2D eigenvalue weighted by Gasteiger charge is -2.12. The van der Waals surface area contributed by atoms with Crippen LogP contribution in [0.4, 0.5) is 14.5 Å². The number of carbonyl (C=O) groups excluding carboxylic acids is 2. The Morgan fingerprint density at radius 3 is 2.42 bits per heavy atom. The van der Waals surface area contributed by atoms with Gasteiger partial charge in [0.25, 0.3) is 0 Å². The van der Waals surface area contributed by atoms with Crippen molar-refractivity contribution in [3.8, 4) is 0 Å². The van der Waals surface area contributed by atoms with Crippen LogP contribution >= 0.6 is 0 Å². The normalized spacial score (nSPS) is 11.8. The Hall–Kier alpha value is -2.02. The zero-order chi connectivity index (χ0) is 14.4. The summed E-state index contributed by atoms with van der Waals surface area (Å²) in [6, 6.07) is 2.56. The topological polar surface area (TPSA) is 67.4 Å². The van der Waals surface area contributed by atoms with Crippen molar-refractivity contribution in [2.24, 2.45) is 0 Å². The predicted molar refractivity (Wildman–Crippen MR) is 64.5 cm³/mol. The number of hydrogen-bond donors (Lipinski definition) is 2. The largest absolute Gasteiger partial charge is 0.468 e. The molecule has 0 aliphatic carbocycles. The number of ether oxygens (including phenoxy) is 1. The van der Waals surface area contributed by atoms with Crippen molar-refractivity contribution in [3.05, 3.63) is 29.8 Å².